The molecule has 0 amide bonds. The summed E-state index contributed by atoms with van der Waals surface area (Å²) in [5.41, 5.74) is 14.8. The summed E-state index contributed by atoms with van der Waals surface area (Å²) in [6.07, 6.45) is 19.1. The summed E-state index contributed by atoms with van der Waals surface area (Å²) < 4.78 is 0. The van der Waals surface area contributed by atoms with Crippen LogP contribution < -0.4 is 11.5 Å². The standard InChI is InChI=1S/C25H42N2/c1-15-6-8-25(13-15)21-12-19(23(25)27)10-18(21)9-16-3-2-7-24(14-16)20-5-4-17(11-20)22(24)26/h15-23H,2-14,26-27H2,1H3/t15-,16+,17-,18?,19-,20+,21-,22-,23-,24?,25?/m1/s1. The van der Waals surface area contributed by atoms with Gasteiger partial charge in [-0.3, -0.25) is 0 Å². The minimum atomic E-state index is 0.528. The summed E-state index contributed by atoms with van der Waals surface area (Å²) in [5.74, 6) is 6.56. The van der Waals surface area contributed by atoms with Gasteiger partial charge in [0, 0.05) is 12.1 Å². The molecule has 0 radical (unpaired) electrons. The first-order valence-electron chi connectivity index (χ1n) is 12.5. The summed E-state index contributed by atoms with van der Waals surface area (Å²) in [7, 11) is 0. The molecular weight excluding hydrogens is 328 g/mol. The largest absolute Gasteiger partial charge is 0.327 e. The Kier molecular flexibility index (Phi) is 3.93. The van der Waals surface area contributed by atoms with E-state index in [0.717, 1.165) is 41.4 Å². The summed E-state index contributed by atoms with van der Waals surface area (Å²) in [6, 6.07) is 1.06. The number of hydrogen-bond donors (Lipinski definition) is 2. The summed E-state index contributed by atoms with van der Waals surface area (Å²) in [6.45, 7) is 2.48. The highest BCUT2D eigenvalue weighted by atomic mass is 14.8. The Morgan fingerprint density at radius 3 is 2.37 bits per heavy atom. The predicted octanol–water partition coefficient (Wildman–Crippen LogP) is 5.10. The Balaban J connectivity index is 1.18. The van der Waals surface area contributed by atoms with Crippen LogP contribution in [0.25, 0.3) is 0 Å². The molecule has 152 valence electrons. The predicted molar refractivity (Wildman–Crippen MR) is 111 cm³/mol. The third-order valence-corrected chi connectivity index (χ3v) is 11.5. The molecule has 2 spiro atoms. The summed E-state index contributed by atoms with van der Waals surface area (Å²) >= 11 is 0. The van der Waals surface area contributed by atoms with Crippen LogP contribution in [0.5, 0.6) is 0 Å². The lowest BCUT2D eigenvalue weighted by atomic mass is 9.57. The van der Waals surface area contributed by atoms with Crippen LogP contribution in [0.3, 0.4) is 0 Å². The van der Waals surface area contributed by atoms with Gasteiger partial charge < -0.3 is 11.5 Å². The molecular formula is C25H42N2. The third kappa shape index (κ3) is 2.32. The van der Waals surface area contributed by atoms with E-state index in [2.05, 4.69) is 6.92 Å². The van der Waals surface area contributed by atoms with Crippen LogP contribution in [-0.4, -0.2) is 12.1 Å². The SMILES string of the molecule is C[C@@H]1CCC2(C1)[C@@H]1C[C@@H](CC1C[C@@H]1CCCC3(C1)[C@H]1CC[C@H](C1)[C@H]3N)[C@H]2N. The molecule has 0 heterocycles. The first-order chi connectivity index (χ1) is 13.0. The van der Waals surface area contributed by atoms with E-state index < -0.39 is 0 Å². The summed E-state index contributed by atoms with van der Waals surface area (Å²) in [4.78, 5) is 0. The lowest BCUT2D eigenvalue weighted by Crippen LogP contribution is -2.50. The van der Waals surface area contributed by atoms with Gasteiger partial charge in [0.1, 0.15) is 0 Å². The second kappa shape index (κ2) is 5.97. The normalized spacial score (nSPS) is 61.7. The number of nitrogens with two attached hydrogens (primary N) is 2. The Morgan fingerprint density at radius 2 is 1.67 bits per heavy atom. The van der Waals surface area contributed by atoms with Crippen LogP contribution in [0, 0.1) is 52.3 Å². The van der Waals surface area contributed by atoms with Gasteiger partial charge in [0.2, 0.25) is 0 Å². The van der Waals surface area contributed by atoms with Crippen LogP contribution in [0.15, 0.2) is 0 Å². The molecule has 2 nitrogen and oxygen atoms in total. The molecule has 0 aromatic heterocycles. The van der Waals surface area contributed by atoms with Gasteiger partial charge in [0.05, 0.1) is 0 Å². The van der Waals surface area contributed by atoms with E-state index in [4.69, 9.17) is 11.5 Å². The van der Waals surface area contributed by atoms with Gasteiger partial charge in [-0.2, -0.15) is 0 Å². The third-order valence-electron chi connectivity index (χ3n) is 11.5. The highest BCUT2D eigenvalue weighted by Crippen LogP contribution is 2.67. The number of fused-ring (bicyclic) bond motifs is 6. The van der Waals surface area contributed by atoms with E-state index in [-0.39, 0.29) is 0 Å². The zero-order valence-corrected chi connectivity index (χ0v) is 17.5. The van der Waals surface area contributed by atoms with Crippen molar-refractivity contribution in [1.82, 2.24) is 0 Å². The fourth-order valence-electron chi connectivity index (χ4n) is 10.5. The van der Waals surface area contributed by atoms with Crippen LogP contribution in [0.2, 0.25) is 0 Å². The molecule has 3 unspecified atom stereocenters. The molecule has 0 aromatic carbocycles. The second-order valence-electron chi connectivity index (χ2n) is 12.4. The van der Waals surface area contributed by atoms with E-state index in [1.54, 1.807) is 0 Å². The lowest BCUT2D eigenvalue weighted by molar-refractivity contribution is 0.0224. The molecule has 6 rings (SSSR count). The van der Waals surface area contributed by atoms with E-state index in [1.807, 2.05) is 0 Å². The molecule has 6 aliphatic rings. The van der Waals surface area contributed by atoms with E-state index in [9.17, 15) is 0 Å². The quantitative estimate of drug-likeness (QED) is 0.710. The number of rotatable bonds is 2. The van der Waals surface area contributed by atoms with Crippen molar-refractivity contribution >= 4 is 0 Å². The topological polar surface area (TPSA) is 52.0 Å². The highest BCUT2D eigenvalue weighted by molar-refractivity contribution is 5.14. The van der Waals surface area contributed by atoms with Gasteiger partial charge in [-0.05, 0) is 116 Å². The van der Waals surface area contributed by atoms with Crippen molar-refractivity contribution in [2.75, 3.05) is 0 Å². The van der Waals surface area contributed by atoms with Crippen molar-refractivity contribution in [3.8, 4) is 0 Å². The second-order valence-corrected chi connectivity index (χ2v) is 12.4. The van der Waals surface area contributed by atoms with Crippen molar-refractivity contribution < 1.29 is 0 Å². The first-order valence-corrected chi connectivity index (χ1v) is 12.5. The Morgan fingerprint density at radius 1 is 0.815 bits per heavy atom. The molecule has 0 saturated heterocycles. The zero-order chi connectivity index (χ0) is 18.4. The van der Waals surface area contributed by atoms with Crippen molar-refractivity contribution in [2.24, 2.45) is 63.7 Å². The Labute approximate surface area is 166 Å². The smallest absolute Gasteiger partial charge is 0.0127 e. The molecule has 6 fully saturated rings. The van der Waals surface area contributed by atoms with Gasteiger partial charge in [-0.25, -0.2) is 0 Å². The maximum Gasteiger partial charge on any atom is 0.0127 e. The average molecular weight is 371 g/mol. The minimum Gasteiger partial charge on any atom is -0.327 e. The van der Waals surface area contributed by atoms with Crippen molar-refractivity contribution in [3.63, 3.8) is 0 Å². The van der Waals surface area contributed by atoms with E-state index >= 15 is 0 Å². The maximum atomic E-state index is 6.87. The fourth-order valence-corrected chi connectivity index (χ4v) is 10.5. The highest BCUT2D eigenvalue weighted by Gasteiger charge is 2.62. The van der Waals surface area contributed by atoms with Crippen molar-refractivity contribution in [1.29, 1.82) is 0 Å². The molecule has 0 aromatic rings. The Hall–Kier alpha value is -0.0800. The molecule has 4 N–H and O–H groups in total. The van der Waals surface area contributed by atoms with Gasteiger partial charge in [-0.15, -0.1) is 0 Å². The Bertz CT molecular complexity index is 599. The minimum absolute atomic E-state index is 0.528. The lowest BCUT2D eigenvalue weighted by Gasteiger charge is -2.50. The van der Waals surface area contributed by atoms with Crippen LogP contribution >= 0.6 is 0 Å². The van der Waals surface area contributed by atoms with E-state index in [0.29, 0.717) is 22.9 Å². The molecule has 4 bridgehead atoms. The van der Waals surface area contributed by atoms with Gasteiger partial charge in [-0.1, -0.05) is 26.2 Å². The molecule has 2 heteroatoms. The molecule has 6 aliphatic carbocycles. The van der Waals surface area contributed by atoms with Crippen molar-refractivity contribution in [2.45, 2.75) is 102 Å². The van der Waals surface area contributed by atoms with E-state index in [1.165, 1.54) is 83.5 Å². The monoisotopic (exact) mass is 370 g/mol. The molecule has 6 saturated carbocycles. The molecule has 11 atom stereocenters. The summed E-state index contributed by atoms with van der Waals surface area (Å²) in [5, 5.41) is 0. The van der Waals surface area contributed by atoms with Crippen LogP contribution in [0.1, 0.15) is 90.4 Å². The number of hydrogen-bond acceptors (Lipinski definition) is 2. The van der Waals surface area contributed by atoms with Crippen LogP contribution in [0.4, 0.5) is 0 Å². The van der Waals surface area contributed by atoms with Gasteiger partial charge in [0.25, 0.3) is 0 Å². The molecule has 27 heavy (non-hydrogen) atoms. The van der Waals surface area contributed by atoms with Gasteiger partial charge in [0.15, 0.2) is 0 Å². The first kappa shape index (κ1) is 17.8. The zero-order valence-electron chi connectivity index (χ0n) is 17.5. The van der Waals surface area contributed by atoms with Crippen molar-refractivity contribution in [3.05, 3.63) is 0 Å². The van der Waals surface area contributed by atoms with Gasteiger partial charge >= 0.3 is 0 Å². The van der Waals surface area contributed by atoms with Crippen LogP contribution in [-0.2, 0) is 0 Å². The molecule has 0 aliphatic heterocycles. The average Bonchev–Trinajstić information content (AvgIpc) is 3.43. The fraction of sp³-hybridized carbons (Fsp3) is 1.00. The maximum absolute atomic E-state index is 6.87.